The van der Waals surface area contributed by atoms with E-state index >= 15 is 0 Å². The molecule has 2 aromatic carbocycles. The monoisotopic (exact) mass is 382 g/mol. The molecule has 116 valence electrons. The minimum absolute atomic E-state index is 0.0997. The van der Waals surface area contributed by atoms with Gasteiger partial charge in [0.2, 0.25) is 0 Å². The van der Waals surface area contributed by atoms with Crippen molar-refractivity contribution in [2.24, 2.45) is 0 Å². The Balaban J connectivity index is 1.64. The maximum Gasteiger partial charge on any atom is 0.317 e. The van der Waals surface area contributed by atoms with Crippen LogP contribution in [-0.2, 0) is 6.42 Å². The van der Waals surface area contributed by atoms with Crippen molar-refractivity contribution in [1.82, 2.24) is 10.6 Å². The molecule has 0 aromatic heterocycles. The SMILES string of the molecule is O=C(NCCc1ccccc1Br)NCOc1ccc(Cl)cc1. The van der Waals surface area contributed by atoms with Gasteiger partial charge in [-0.05, 0) is 42.3 Å². The Morgan fingerprint density at radius 3 is 2.55 bits per heavy atom. The van der Waals surface area contributed by atoms with Crippen molar-refractivity contribution in [1.29, 1.82) is 0 Å². The van der Waals surface area contributed by atoms with Gasteiger partial charge in [-0.25, -0.2) is 4.79 Å². The topological polar surface area (TPSA) is 50.4 Å². The number of nitrogens with one attached hydrogen (secondary N) is 2. The van der Waals surface area contributed by atoms with Crippen LogP contribution < -0.4 is 15.4 Å². The summed E-state index contributed by atoms with van der Waals surface area (Å²) in [6, 6.07) is 14.6. The molecule has 2 rings (SSSR count). The standard InChI is InChI=1S/C16H16BrClN2O2/c17-15-4-2-1-3-12(15)9-10-19-16(21)20-11-22-14-7-5-13(18)6-8-14/h1-8H,9-11H2,(H2,19,20,21). The van der Waals surface area contributed by atoms with Crippen LogP contribution in [0.5, 0.6) is 5.75 Å². The van der Waals surface area contributed by atoms with Gasteiger partial charge in [-0.3, -0.25) is 0 Å². The molecule has 22 heavy (non-hydrogen) atoms. The van der Waals surface area contributed by atoms with Crippen LogP contribution in [0.15, 0.2) is 53.0 Å². The average Bonchev–Trinajstić information content (AvgIpc) is 2.51. The van der Waals surface area contributed by atoms with E-state index < -0.39 is 0 Å². The lowest BCUT2D eigenvalue weighted by molar-refractivity contribution is 0.224. The molecule has 0 aliphatic carbocycles. The number of halogens is 2. The van der Waals surface area contributed by atoms with Crippen molar-refractivity contribution in [2.45, 2.75) is 6.42 Å². The summed E-state index contributed by atoms with van der Waals surface area (Å²) in [5.41, 5.74) is 1.15. The van der Waals surface area contributed by atoms with Crippen LogP contribution in [-0.4, -0.2) is 19.3 Å². The third kappa shape index (κ3) is 5.58. The Labute approximate surface area is 142 Å². The minimum Gasteiger partial charge on any atom is -0.473 e. The number of ether oxygens (including phenoxy) is 1. The Hall–Kier alpha value is -1.72. The molecule has 0 saturated heterocycles. The quantitative estimate of drug-likeness (QED) is 0.741. The number of benzene rings is 2. The second-order valence-electron chi connectivity index (χ2n) is 4.52. The van der Waals surface area contributed by atoms with Gasteiger partial charge in [-0.2, -0.15) is 0 Å². The summed E-state index contributed by atoms with van der Waals surface area (Å²) in [7, 11) is 0. The van der Waals surface area contributed by atoms with Gasteiger partial charge in [0.15, 0.2) is 6.73 Å². The van der Waals surface area contributed by atoms with E-state index in [-0.39, 0.29) is 12.8 Å². The van der Waals surface area contributed by atoms with Gasteiger partial charge < -0.3 is 15.4 Å². The predicted octanol–water partition coefficient (Wildman–Crippen LogP) is 3.98. The summed E-state index contributed by atoms with van der Waals surface area (Å²) in [5.74, 6) is 0.651. The number of hydrogen-bond donors (Lipinski definition) is 2. The van der Waals surface area contributed by atoms with Crippen LogP contribution in [0.2, 0.25) is 5.02 Å². The van der Waals surface area contributed by atoms with E-state index in [4.69, 9.17) is 16.3 Å². The number of carbonyl (C=O) groups excluding carboxylic acids is 1. The Bertz CT molecular complexity index is 620. The molecule has 0 aliphatic rings. The highest BCUT2D eigenvalue weighted by atomic mass is 79.9. The summed E-state index contributed by atoms with van der Waals surface area (Å²) in [6.07, 6.45) is 0.757. The first-order valence-electron chi connectivity index (χ1n) is 6.78. The summed E-state index contributed by atoms with van der Waals surface area (Å²) < 4.78 is 6.42. The molecule has 6 heteroatoms. The normalized spacial score (nSPS) is 10.1. The van der Waals surface area contributed by atoms with E-state index in [1.165, 1.54) is 0 Å². The second kappa shape index (κ2) is 8.66. The van der Waals surface area contributed by atoms with Crippen molar-refractivity contribution in [2.75, 3.05) is 13.3 Å². The zero-order valence-electron chi connectivity index (χ0n) is 11.8. The lowest BCUT2D eigenvalue weighted by Crippen LogP contribution is -2.38. The highest BCUT2D eigenvalue weighted by Gasteiger charge is 2.02. The maximum atomic E-state index is 11.6. The number of rotatable bonds is 6. The summed E-state index contributed by atoms with van der Waals surface area (Å²) in [6.45, 7) is 0.651. The van der Waals surface area contributed by atoms with Crippen LogP contribution in [0, 0.1) is 0 Å². The molecule has 0 radical (unpaired) electrons. The predicted molar refractivity (Wildman–Crippen MR) is 91.3 cm³/mol. The van der Waals surface area contributed by atoms with Gasteiger partial charge in [0.1, 0.15) is 5.75 Å². The fourth-order valence-corrected chi connectivity index (χ4v) is 2.40. The number of carbonyl (C=O) groups is 1. The molecule has 0 aliphatic heterocycles. The summed E-state index contributed by atoms with van der Waals surface area (Å²) >= 11 is 9.25. The first-order valence-corrected chi connectivity index (χ1v) is 7.96. The molecule has 4 nitrogen and oxygen atoms in total. The van der Waals surface area contributed by atoms with Gasteiger partial charge in [-0.15, -0.1) is 0 Å². The highest BCUT2D eigenvalue weighted by molar-refractivity contribution is 9.10. The lowest BCUT2D eigenvalue weighted by Gasteiger charge is -2.10. The molecule has 0 atom stereocenters. The van der Waals surface area contributed by atoms with Crippen molar-refractivity contribution < 1.29 is 9.53 Å². The zero-order chi connectivity index (χ0) is 15.8. The van der Waals surface area contributed by atoms with Crippen LogP contribution in [0.1, 0.15) is 5.56 Å². The molecule has 0 unspecified atom stereocenters. The van der Waals surface area contributed by atoms with Crippen molar-refractivity contribution in [3.05, 3.63) is 63.6 Å². The first kappa shape index (κ1) is 16.6. The lowest BCUT2D eigenvalue weighted by atomic mass is 10.1. The Kier molecular flexibility index (Phi) is 6.55. The Morgan fingerprint density at radius 1 is 1.09 bits per heavy atom. The minimum atomic E-state index is -0.263. The molecule has 2 N–H and O–H groups in total. The van der Waals surface area contributed by atoms with Gasteiger partial charge in [0.25, 0.3) is 0 Å². The fourth-order valence-electron chi connectivity index (χ4n) is 1.79. The van der Waals surface area contributed by atoms with Crippen molar-refractivity contribution in [3.63, 3.8) is 0 Å². The maximum absolute atomic E-state index is 11.6. The number of amides is 2. The van der Waals surface area contributed by atoms with Crippen molar-refractivity contribution in [3.8, 4) is 5.75 Å². The number of urea groups is 1. The van der Waals surface area contributed by atoms with Gasteiger partial charge in [0, 0.05) is 16.0 Å². The van der Waals surface area contributed by atoms with Gasteiger partial charge in [-0.1, -0.05) is 45.7 Å². The molecule has 2 aromatic rings. The Morgan fingerprint density at radius 2 is 1.82 bits per heavy atom. The summed E-state index contributed by atoms with van der Waals surface area (Å²) in [5, 5.41) is 6.06. The average molecular weight is 384 g/mol. The highest BCUT2D eigenvalue weighted by Crippen LogP contribution is 2.16. The van der Waals surface area contributed by atoms with Crippen LogP contribution in [0.25, 0.3) is 0 Å². The zero-order valence-corrected chi connectivity index (χ0v) is 14.2. The van der Waals surface area contributed by atoms with E-state index in [1.54, 1.807) is 24.3 Å². The molecule has 0 bridgehead atoms. The van der Waals surface area contributed by atoms with Gasteiger partial charge in [0.05, 0.1) is 0 Å². The van der Waals surface area contributed by atoms with E-state index in [0.29, 0.717) is 17.3 Å². The van der Waals surface area contributed by atoms with E-state index in [2.05, 4.69) is 26.6 Å². The molecule has 0 spiro atoms. The smallest absolute Gasteiger partial charge is 0.317 e. The fraction of sp³-hybridized carbons (Fsp3) is 0.188. The molecule has 0 heterocycles. The summed E-state index contributed by atoms with van der Waals surface area (Å²) in [4.78, 5) is 11.6. The third-order valence-corrected chi connectivity index (χ3v) is 3.95. The van der Waals surface area contributed by atoms with Crippen LogP contribution >= 0.6 is 27.5 Å². The van der Waals surface area contributed by atoms with Crippen molar-refractivity contribution >= 4 is 33.6 Å². The van der Waals surface area contributed by atoms with E-state index in [0.717, 1.165) is 16.5 Å². The number of hydrogen-bond acceptors (Lipinski definition) is 2. The van der Waals surface area contributed by atoms with Crippen LogP contribution in [0.3, 0.4) is 0 Å². The van der Waals surface area contributed by atoms with Gasteiger partial charge >= 0.3 is 6.03 Å². The van der Waals surface area contributed by atoms with E-state index in [9.17, 15) is 4.79 Å². The molecule has 2 amide bonds. The molecule has 0 saturated carbocycles. The molecule has 0 fully saturated rings. The molecular weight excluding hydrogens is 368 g/mol. The third-order valence-electron chi connectivity index (χ3n) is 2.92. The first-order chi connectivity index (χ1) is 10.6. The largest absolute Gasteiger partial charge is 0.473 e. The molecular formula is C16H16BrClN2O2. The van der Waals surface area contributed by atoms with E-state index in [1.807, 2.05) is 24.3 Å². The second-order valence-corrected chi connectivity index (χ2v) is 5.81. The van der Waals surface area contributed by atoms with Crippen LogP contribution in [0.4, 0.5) is 4.79 Å².